The van der Waals surface area contributed by atoms with E-state index >= 15 is 0 Å². The van der Waals surface area contributed by atoms with Crippen LogP contribution < -0.4 is 5.32 Å². The molecule has 3 heteroatoms. The molecule has 0 amide bonds. The van der Waals surface area contributed by atoms with Crippen LogP contribution in [0.25, 0.3) is 0 Å². The molecule has 0 bridgehead atoms. The Hall–Kier alpha value is -0.120. The fourth-order valence-corrected chi connectivity index (χ4v) is 3.05. The Bertz CT molecular complexity index is 211. The van der Waals surface area contributed by atoms with E-state index in [2.05, 4.69) is 31.0 Å². The Kier molecular flexibility index (Phi) is 7.87. The standard InChI is InChI=1S/C15H32N2O/c1-5-10-16-14-8-7-9-15(14)17(11-12-18-4)13(3)6-2/h13-16H,5-12H2,1-4H3. The van der Waals surface area contributed by atoms with Crippen molar-refractivity contribution in [1.29, 1.82) is 0 Å². The summed E-state index contributed by atoms with van der Waals surface area (Å²) in [5, 5.41) is 3.73. The van der Waals surface area contributed by atoms with Crippen LogP contribution >= 0.6 is 0 Å². The Balaban J connectivity index is 2.57. The molecule has 0 aromatic heterocycles. The smallest absolute Gasteiger partial charge is 0.0589 e. The lowest BCUT2D eigenvalue weighted by atomic mass is 10.1. The van der Waals surface area contributed by atoms with Crippen molar-refractivity contribution in [2.45, 2.75) is 71.0 Å². The van der Waals surface area contributed by atoms with E-state index in [1.807, 2.05) is 0 Å². The summed E-state index contributed by atoms with van der Waals surface area (Å²) in [5.41, 5.74) is 0. The highest BCUT2D eigenvalue weighted by Crippen LogP contribution is 2.26. The molecule has 0 aromatic carbocycles. The van der Waals surface area contributed by atoms with Crippen molar-refractivity contribution >= 4 is 0 Å². The quantitative estimate of drug-likeness (QED) is 0.686. The molecular weight excluding hydrogens is 224 g/mol. The topological polar surface area (TPSA) is 24.5 Å². The van der Waals surface area contributed by atoms with Gasteiger partial charge in [0.05, 0.1) is 6.61 Å². The van der Waals surface area contributed by atoms with Crippen LogP contribution in [0.4, 0.5) is 0 Å². The summed E-state index contributed by atoms with van der Waals surface area (Å²) in [6, 6.07) is 2.06. The van der Waals surface area contributed by atoms with Gasteiger partial charge < -0.3 is 10.1 Å². The molecule has 0 heterocycles. The molecule has 3 unspecified atom stereocenters. The highest BCUT2D eigenvalue weighted by Gasteiger charge is 2.33. The summed E-state index contributed by atoms with van der Waals surface area (Å²) < 4.78 is 5.28. The Labute approximate surface area is 113 Å². The van der Waals surface area contributed by atoms with E-state index in [1.165, 1.54) is 32.1 Å². The van der Waals surface area contributed by atoms with Crippen LogP contribution in [0.1, 0.15) is 52.9 Å². The number of methoxy groups -OCH3 is 1. The second-order valence-electron chi connectivity index (χ2n) is 5.55. The Morgan fingerprint density at radius 2 is 2.11 bits per heavy atom. The lowest BCUT2D eigenvalue weighted by Crippen LogP contribution is -2.51. The molecule has 108 valence electrons. The van der Waals surface area contributed by atoms with Crippen LogP contribution in [0.5, 0.6) is 0 Å². The van der Waals surface area contributed by atoms with Gasteiger partial charge in [-0.2, -0.15) is 0 Å². The molecule has 0 aromatic rings. The summed E-state index contributed by atoms with van der Waals surface area (Å²) in [6.07, 6.45) is 6.50. The van der Waals surface area contributed by atoms with Crippen LogP contribution in [0.3, 0.4) is 0 Å². The van der Waals surface area contributed by atoms with Gasteiger partial charge in [-0.25, -0.2) is 0 Å². The maximum Gasteiger partial charge on any atom is 0.0589 e. The van der Waals surface area contributed by atoms with Crippen LogP contribution in [-0.2, 0) is 4.74 Å². The average molecular weight is 256 g/mol. The van der Waals surface area contributed by atoms with Crippen molar-refractivity contribution in [2.75, 3.05) is 26.8 Å². The predicted molar refractivity (Wildman–Crippen MR) is 78.1 cm³/mol. The van der Waals surface area contributed by atoms with Crippen molar-refractivity contribution < 1.29 is 4.74 Å². The zero-order valence-corrected chi connectivity index (χ0v) is 12.7. The van der Waals surface area contributed by atoms with Crippen molar-refractivity contribution in [2.24, 2.45) is 0 Å². The molecular formula is C15H32N2O. The molecule has 1 aliphatic rings. The second-order valence-corrected chi connectivity index (χ2v) is 5.55. The third kappa shape index (κ3) is 4.52. The minimum Gasteiger partial charge on any atom is -0.383 e. The van der Waals surface area contributed by atoms with E-state index < -0.39 is 0 Å². The van der Waals surface area contributed by atoms with E-state index in [9.17, 15) is 0 Å². The third-order valence-corrected chi connectivity index (χ3v) is 4.27. The molecule has 0 spiro atoms. The van der Waals surface area contributed by atoms with Crippen molar-refractivity contribution in [3.05, 3.63) is 0 Å². The average Bonchev–Trinajstić information content (AvgIpc) is 2.84. The molecule has 1 N–H and O–H groups in total. The van der Waals surface area contributed by atoms with Crippen LogP contribution in [0.15, 0.2) is 0 Å². The Morgan fingerprint density at radius 3 is 2.72 bits per heavy atom. The first-order chi connectivity index (χ1) is 8.74. The van der Waals surface area contributed by atoms with E-state index in [0.29, 0.717) is 18.1 Å². The molecule has 0 radical (unpaired) electrons. The zero-order valence-electron chi connectivity index (χ0n) is 12.7. The van der Waals surface area contributed by atoms with Crippen LogP contribution in [0, 0.1) is 0 Å². The second kappa shape index (κ2) is 8.89. The van der Waals surface area contributed by atoms with Gasteiger partial charge in [0, 0.05) is 31.8 Å². The van der Waals surface area contributed by atoms with Gasteiger partial charge >= 0.3 is 0 Å². The summed E-state index contributed by atoms with van der Waals surface area (Å²) >= 11 is 0. The van der Waals surface area contributed by atoms with Crippen molar-refractivity contribution in [1.82, 2.24) is 10.2 Å². The molecule has 0 aliphatic heterocycles. The maximum absolute atomic E-state index is 5.28. The van der Waals surface area contributed by atoms with Gasteiger partial charge in [-0.3, -0.25) is 4.90 Å². The van der Waals surface area contributed by atoms with Crippen molar-refractivity contribution in [3.8, 4) is 0 Å². The van der Waals surface area contributed by atoms with Gasteiger partial charge in [-0.1, -0.05) is 20.3 Å². The fourth-order valence-electron chi connectivity index (χ4n) is 3.05. The summed E-state index contributed by atoms with van der Waals surface area (Å²) in [7, 11) is 1.80. The summed E-state index contributed by atoms with van der Waals surface area (Å²) in [5.74, 6) is 0. The first-order valence-corrected chi connectivity index (χ1v) is 7.72. The largest absolute Gasteiger partial charge is 0.383 e. The molecule has 1 rings (SSSR count). The highest BCUT2D eigenvalue weighted by atomic mass is 16.5. The number of hydrogen-bond donors (Lipinski definition) is 1. The fraction of sp³-hybridized carbons (Fsp3) is 1.00. The SMILES string of the molecule is CCCNC1CCCC1N(CCOC)C(C)CC. The maximum atomic E-state index is 5.28. The lowest BCUT2D eigenvalue weighted by Gasteiger charge is -2.37. The number of nitrogens with one attached hydrogen (secondary N) is 1. The molecule has 3 nitrogen and oxygen atoms in total. The van der Waals surface area contributed by atoms with Gasteiger partial charge in [0.15, 0.2) is 0 Å². The number of rotatable bonds is 9. The summed E-state index contributed by atoms with van der Waals surface area (Å²) in [6.45, 7) is 9.95. The van der Waals surface area contributed by atoms with E-state index in [0.717, 1.165) is 19.7 Å². The van der Waals surface area contributed by atoms with Gasteiger partial charge in [0.1, 0.15) is 0 Å². The van der Waals surface area contributed by atoms with E-state index in [1.54, 1.807) is 7.11 Å². The third-order valence-electron chi connectivity index (χ3n) is 4.27. The number of ether oxygens (including phenoxy) is 1. The first kappa shape index (κ1) is 15.9. The lowest BCUT2D eigenvalue weighted by molar-refractivity contribution is 0.0788. The summed E-state index contributed by atoms with van der Waals surface area (Å²) in [4.78, 5) is 2.67. The van der Waals surface area contributed by atoms with Gasteiger partial charge in [-0.05, 0) is 39.2 Å². The monoisotopic (exact) mass is 256 g/mol. The van der Waals surface area contributed by atoms with Crippen molar-refractivity contribution in [3.63, 3.8) is 0 Å². The molecule has 1 saturated carbocycles. The molecule has 18 heavy (non-hydrogen) atoms. The number of hydrogen-bond acceptors (Lipinski definition) is 3. The van der Waals surface area contributed by atoms with Crippen LogP contribution in [0.2, 0.25) is 0 Å². The van der Waals surface area contributed by atoms with Crippen LogP contribution in [-0.4, -0.2) is 49.8 Å². The normalized spacial score (nSPS) is 25.8. The highest BCUT2D eigenvalue weighted by molar-refractivity contribution is 4.92. The molecule has 3 atom stereocenters. The molecule has 1 aliphatic carbocycles. The minimum absolute atomic E-state index is 0.661. The zero-order chi connectivity index (χ0) is 13.4. The van der Waals surface area contributed by atoms with E-state index in [-0.39, 0.29) is 0 Å². The van der Waals surface area contributed by atoms with E-state index in [4.69, 9.17) is 4.74 Å². The minimum atomic E-state index is 0.661. The molecule has 0 saturated heterocycles. The first-order valence-electron chi connectivity index (χ1n) is 7.72. The van der Waals surface area contributed by atoms with Gasteiger partial charge in [-0.15, -0.1) is 0 Å². The Morgan fingerprint density at radius 1 is 1.33 bits per heavy atom. The van der Waals surface area contributed by atoms with Gasteiger partial charge in [0.2, 0.25) is 0 Å². The number of nitrogens with zero attached hydrogens (tertiary/aromatic N) is 1. The molecule has 1 fully saturated rings. The predicted octanol–water partition coefficient (Wildman–Crippen LogP) is 2.65. The van der Waals surface area contributed by atoms with Gasteiger partial charge in [0.25, 0.3) is 0 Å².